The first-order chi connectivity index (χ1) is 13.0. The number of phenols is 1. The van der Waals surface area contributed by atoms with Gasteiger partial charge >= 0.3 is 0 Å². The van der Waals surface area contributed by atoms with Gasteiger partial charge in [0.05, 0.1) is 6.54 Å². The minimum Gasteiger partial charge on any atom is -0.504 e. The second kappa shape index (κ2) is 7.23. The lowest BCUT2D eigenvalue weighted by Crippen LogP contribution is -2.47. The molecule has 3 heterocycles. The summed E-state index contributed by atoms with van der Waals surface area (Å²) >= 11 is 1.65. The number of nitrogens with one attached hydrogen (secondary N) is 1. The minimum absolute atomic E-state index is 0.0817. The number of amides is 2. The lowest BCUT2D eigenvalue weighted by Gasteiger charge is -2.27. The normalized spacial score (nSPS) is 19.7. The smallest absolute Gasteiger partial charge is 0.235 e. The summed E-state index contributed by atoms with van der Waals surface area (Å²) in [6, 6.07) is 7.73. The Balaban J connectivity index is 1.63. The van der Waals surface area contributed by atoms with Crippen molar-refractivity contribution in [3.05, 3.63) is 34.7 Å². The molecule has 0 saturated carbocycles. The van der Waals surface area contributed by atoms with E-state index >= 15 is 0 Å². The third kappa shape index (κ3) is 3.51. The highest BCUT2D eigenvalue weighted by atomic mass is 32.1. The van der Waals surface area contributed by atoms with Crippen molar-refractivity contribution in [3.8, 4) is 21.9 Å². The van der Waals surface area contributed by atoms with E-state index < -0.39 is 5.92 Å². The fourth-order valence-corrected chi connectivity index (χ4v) is 4.50. The fourth-order valence-electron chi connectivity index (χ4n) is 3.65. The van der Waals surface area contributed by atoms with E-state index in [0.29, 0.717) is 31.8 Å². The zero-order valence-electron chi connectivity index (χ0n) is 15.2. The van der Waals surface area contributed by atoms with Gasteiger partial charge in [0.2, 0.25) is 11.8 Å². The Morgan fingerprint density at radius 1 is 1.37 bits per heavy atom. The Labute approximate surface area is 161 Å². The number of benzene rings is 1. The van der Waals surface area contributed by atoms with Gasteiger partial charge in [-0.3, -0.25) is 9.59 Å². The molecule has 1 fully saturated rings. The molecule has 2 aromatic rings. The molecule has 0 unspecified atom stereocenters. The van der Waals surface area contributed by atoms with E-state index in [1.165, 1.54) is 4.88 Å². The highest BCUT2D eigenvalue weighted by molar-refractivity contribution is 7.15. The second-order valence-corrected chi connectivity index (χ2v) is 8.28. The van der Waals surface area contributed by atoms with Crippen LogP contribution in [0.2, 0.25) is 0 Å². The summed E-state index contributed by atoms with van der Waals surface area (Å²) in [7, 11) is 0. The van der Waals surface area contributed by atoms with Crippen molar-refractivity contribution in [1.82, 2.24) is 10.2 Å². The molecule has 142 valence electrons. The minimum atomic E-state index is -0.628. The number of nitrogens with zero attached hydrogens (tertiary/aromatic N) is 1. The van der Waals surface area contributed by atoms with Crippen LogP contribution in [0.25, 0.3) is 10.4 Å². The Kier molecular flexibility index (Phi) is 4.78. The molecule has 6 nitrogen and oxygen atoms in total. The molecule has 0 bridgehead atoms. The molecule has 1 atom stereocenters. The maximum atomic E-state index is 12.9. The molecule has 1 aromatic carbocycles. The lowest BCUT2D eigenvalue weighted by molar-refractivity contribution is -0.144. The van der Waals surface area contributed by atoms with Crippen LogP contribution in [0.15, 0.2) is 24.3 Å². The first-order valence-corrected chi connectivity index (χ1v) is 9.96. The predicted octanol–water partition coefficient (Wildman–Crippen LogP) is 2.68. The maximum absolute atomic E-state index is 12.9. The molecule has 2 amide bonds. The molecule has 27 heavy (non-hydrogen) atoms. The summed E-state index contributed by atoms with van der Waals surface area (Å²) in [4.78, 5) is 28.9. The largest absolute Gasteiger partial charge is 0.504 e. The third-order valence-electron chi connectivity index (χ3n) is 5.03. The van der Waals surface area contributed by atoms with Crippen molar-refractivity contribution in [2.75, 3.05) is 19.7 Å². The van der Waals surface area contributed by atoms with Crippen molar-refractivity contribution >= 4 is 23.2 Å². The van der Waals surface area contributed by atoms with Crippen LogP contribution in [0.4, 0.5) is 0 Å². The van der Waals surface area contributed by atoms with Crippen molar-refractivity contribution in [2.24, 2.45) is 5.92 Å². The van der Waals surface area contributed by atoms with Gasteiger partial charge in [0.1, 0.15) is 12.5 Å². The van der Waals surface area contributed by atoms with Gasteiger partial charge in [-0.25, -0.2) is 0 Å². The first-order valence-electron chi connectivity index (χ1n) is 9.15. The van der Waals surface area contributed by atoms with Crippen LogP contribution in [0.3, 0.4) is 0 Å². The number of fused-ring (bicyclic) bond motifs is 1. The predicted molar refractivity (Wildman–Crippen MR) is 103 cm³/mol. The van der Waals surface area contributed by atoms with E-state index in [9.17, 15) is 14.7 Å². The molecule has 1 aromatic heterocycles. The van der Waals surface area contributed by atoms with Crippen molar-refractivity contribution < 1.29 is 19.4 Å². The highest BCUT2D eigenvalue weighted by Crippen LogP contribution is 2.39. The summed E-state index contributed by atoms with van der Waals surface area (Å²) in [6.45, 7) is 3.67. The number of hydrogen-bond acceptors (Lipinski definition) is 5. The average Bonchev–Trinajstić information content (AvgIpc) is 2.96. The van der Waals surface area contributed by atoms with Gasteiger partial charge in [0.25, 0.3) is 0 Å². The Bertz CT molecular complexity index is 892. The van der Waals surface area contributed by atoms with Gasteiger partial charge in [-0.1, -0.05) is 0 Å². The van der Waals surface area contributed by atoms with Crippen molar-refractivity contribution in [1.29, 1.82) is 0 Å². The molecule has 2 aliphatic rings. The quantitative estimate of drug-likeness (QED) is 0.778. The molecular weight excluding hydrogens is 364 g/mol. The molecule has 0 radical (unpaired) electrons. The molecule has 2 N–H and O–H groups in total. The van der Waals surface area contributed by atoms with Crippen molar-refractivity contribution in [3.63, 3.8) is 0 Å². The molecule has 1 saturated heterocycles. The van der Waals surface area contributed by atoms with Gasteiger partial charge < -0.3 is 20.1 Å². The number of hydrogen-bond donors (Lipinski definition) is 2. The molecule has 0 spiro atoms. The first kappa shape index (κ1) is 17.9. The van der Waals surface area contributed by atoms with Crippen LogP contribution in [0.5, 0.6) is 11.5 Å². The molecule has 4 rings (SSSR count). The summed E-state index contributed by atoms with van der Waals surface area (Å²) < 4.78 is 5.73. The summed E-state index contributed by atoms with van der Waals surface area (Å²) in [5, 5.41) is 13.2. The fraction of sp³-hybridized carbons (Fsp3) is 0.400. The number of aromatic hydroxyl groups is 1. The van der Waals surface area contributed by atoms with Gasteiger partial charge in [-0.05, 0) is 49.6 Å². The average molecular weight is 386 g/mol. The number of rotatable bonds is 2. The zero-order chi connectivity index (χ0) is 19.0. The zero-order valence-corrected chi connectivity index (χ0v) is 16.0. The van der Waals surface area contributed by atoms with Gasteiger partial charge in [-0.15, -0.1) is 11.3 Å². The number of phenolic OH excluding ortho intramolecular Hbond substituents is 1. The Morgan fingerprint density at radius 2 is 2.22 bits per heavy atom. The Morgan fingerprint density at radius 3 is 2.96 bits per heavy atom. The summed E-state index contributed by atoms with van der Waals surface area (Å²) in [6.07, 6.45) is 1.39. The van der Waals surface area contributed by atoms with E-state index in [1.54, 1.807) is 22.3 Å². The second-order valence-electron chi connectivity index (χ2n) is 6.99. The standard InChI is InChI=1S/C20H22N2O4S/c1-12-4-5-17(27-12)13-9-14-11-22(7-8-26-18(14)16(23)10-13)20(25)15-3-2-6-21-19(15)24/h4-5,9-10,15,23H,2-3,6-8,11H2,1H3,(H,21,24)/t15-/m0/s1. The van der Waals surface area contributed by atoms with Crippen LogP contribution in [-0.4, -0.2) is 41.5 Å². The number of aryl methyl sites for hydroxylation is 1. The third-order valence-corrected chi connectivity index (χ3v) is 6.08. The molecule has 7 heteroatoms. The lowest BCUT2D eigenvalue weighted by atomic mass is 9.96. The molecular formula is C20H22N2O4S. The van der Waals surface area contributed by atoms with Crippen LogP contribution in [0.1, 0.15) is 23.3 Å². The topological polar surface area (TPSA) is 78.9 Å². The van der Waals surface area contributed by atoms with Crippen molar-refractivity contribution in [2.45, 2.75) is 26.3 Å². The van der Waals surface area contributed by atoms with E-state index in [1.807, 2.05) is 25.1 Å². The van der Waals surface area contributed by atoms with E-state index in [-0.39, 0.29) is 24.2 Å². The number of carbonyl (C=O) groups is 2. The number of piperidine rings is 1. The Hall–Kier alpha value is -2.54. The van der Waals surface area contributed by atoms with Crippen LogP contribution < -0.4 is 10.1 Å². The van der Waals surface area contributed by atoms with Gasteiger partial charge in [0.15, 0.2) is 11.5 Å². The summed E-state index contributed by atoms with van der Waals surface area (Å²) in [5.41, 5.74) is 1.66. The maximum Gasteiger partial charge on any atom is 0.235 e. The van der Waals surface area contributed by atoms with Crippen LogP contribution in [0, 0.1) is 12.8 Å². The van der Waals surface area contributed by atoms with Crippen LogP contribution >= 0.6 is 11.3 Å². The summed E-state index contributed by atoms with van der Waals surface area (Å²) in [5.74, 6) is -0.478. The number of thiophene rings is 1. The molecule has 0 aliphatic carbocycles. The monoisotopic (exact) mass is 386 g/mol. The SMILES string of the molecule is Cc1ccc(-c2cc(O)c3c(c2)CN(C(=O)[C@H]2CCCNC2=O)CCO3)s1. The van der Waals surface area contributed by atoms with Gasteiger partial charge in [-0.2, -0.15) is 0 Å². The van der Waals surface area contributed by atoms with E-state index in [0.717, 1.165) is 22.4 Å². The van der Waals surface area contributed by atoms with E-state index in [4.69, 9.17) is 4.74 Å². The van der Waals surface area contributed by atoms with E-state index in [2.05, 4.69) is 5.32 Å². The highest BCUT2D eigenvalue weighted by Gasteiger charge is 2.34. The molecule has 2 aliphatic heterocycles. The van der Waals surface area contributed by atoms with Crippen LogP contribution in [-0.2, 0) is 16.1 Å². The van der Waals surface area contributed by atoms with Gasteiger partial charge in [0, 0.05) is 28.4 Å². The number of carbonyl (C=O) groups excluding carboxylic acids is 2. The number of ether oxygens (including phenoxy) is 1.